The van der Waals surface area contributed by atoms with E-state index in [4.69, 9.17) is 4.74 Å². The molecule has 0 aliphatic carbocycles. The molecule has 34 heavy (non-hydrogen) atoms. The van der Waals surface area contributed by atoms with Crippen LogP contribution in [0, 0.1) is 5.82 Å². The summed E-state index contributed by atoms with van der Waals surface area (Å²) in [5.74, 6) is 0.305. The Morgan fingerprint density at radius 2 is 2.06 bits per heavy atom. The third-order valence-corrected chi connectivity index (χ3v) is 6.37. The number of halogens is 1. The van der Waals surface area contributed by atoms with E-state index in [1.807, 2.05) is 30.1 Å². The van der Waals surface area contributed by atoms with E-state index in [2.05, 4.69) is 15.5 Å². The summed E-state index contributed by atoms with van der Waals surface area (Å²) in [6, 6.07) is 11.0. The fourth-order valence-electron chi connectivity index (χ4n) is 4.41. The van der Waals surface area contributed by atoms with Crippen LogP contribution in [-0.4, -0.2) is 63.0 Å². The van der Waals surface area contributed by atoms with Crippen LogP contribution in [0.25, 0.3) is 6.08 Å². The van der Waals surface area contributed by atoms with Crippen LogP contribution in [-0.2, 0) is 16.1 Å². The summed E-state index contributed by atoms with van der Waals surface area (Å²) in [5.41, 5.74) is 3.45. The minimum Gasteiger partial charge on any atom is -0.482 e. The fraction of sp³-hybridized carbons (Fsp3) is 0.385. The second-order valence-electron chi connectivity index (χ2n) is 8.78. The van der Waals surface area contributed by atoms with Gasteiger partial charge in [0.05, 0.1) is 5.69 Å². The van der Waals surface area contributed by atoms with Gasteiger partial charge in [-0.25, -0.2) is 4.39 Å². The second-order valence-corrected chi connectivity index (χ2v) is 8.78. The highest BCUT2D eigenvalue weighted by Gasteiger charge is 2.20. The number of piperidine rings is 1. The smallest absolute Gasteiger partial charge is 0.262 e. The van der Waals surface area contributed by atoms with Gasteiger partial charge < -0.3 is 25.2 Å². The molecular weight excluding hydrogens is 435 g/mol. The summed E-state index contributed by atoms with van der Waals surface area (Å²) in [6.07, 6.45) is 5.97. The lowest BCUT2D eigenvalue weighted by Gasteiger charge is -2.34. The van der Waals surface area contributed by atoms with Gasteiger partial charge in [0.25, 0.3) is 5.91 Å². The van der Waals surface area contributed by atoms with Gasteiger partial charge in [-0.2, -0.15) is 0 Å². The van der Waals surface area contributed by atoms with Crippen LogP contribution in [0.5, 0.6) is 5.75 Å². The van der Waals surface area contributed by atoms with Gasteiger partial charge in [-0.3, -0.25) is 9.59 Å². The molecule has 0 saturated carbocycles. The molecule has 0 aromatic heterocycles. The molecule has 1 fully saturated rings. The number of rotatable bonds is 9. The van der Waals surface area contributed by atoms with Gasteiger partial charge in [-0.15, -0.1) is 0 Å². The molecule has 0 spiro atoms. The number of anilines is 2. The Kier molecular flexibility index (Phi) is 7.92. The molecule has 1 amide bonds. The maximum Gasteiger partial charge on any atom is 0.262 e. The summed E-state index contributed by atoms with van der Waals surface area (Å²) in [6.45, 7) is 4.47. The number of carbonyl (C=O) groups excluding carboxylic acids is 2. The lowest BCUT2D eigenvalue weighted by molar-refractivity contribution is -0.118. The number of likely N-dealkylation sites (tertiary alicyclic amines) is 1. The van der Waals surface area contributed by atoms with Crippen molar-refractivity contribution in [1.82, 2.24) is 10.2 Å². The van der Waals surface area contributed by atoms with Crippen molar-refractivity contribution < 1.29 is 18.7 Å². The number of fused-ring (bicyclic) bond motifs is 1. The van der Waals surface area contributed by atoms with Crippen LogP contribution in [0.15, 0.2) is 42.5 Å². The third-order valence-electron chi connectivity index (χ3n) is 6.37. The number of benzene rings is 2. The monoisotopic (exact) mass is 466 g/mol. The lowest BCUT2D eigenvalue weighted by atomic mass is 10.0. The molecule has 4 rings (SSSR count). The first-order valence-corrected chi connectivity index (χ1v) is 11.7. The molecular formula is C26H31FN4O3. The molecule has 2 heterocycles. The van der Waals surface area contributed by atoms with Crippen LogP contribution in [0.4, 0.5) is 15.8 Å². The number of hydrogen-bond donors (Lipinski definition) is 2. The average Bonchev–Trinajstić information content (AvgIpc) is 2.85. The maximum absolute atomic E-state index is 13.8. The fourth-order valence-corrected chi connectivity index (χ4v) is 4.41. The zero-order valence-electron chi connectivity index (χ0n) is 19.4. The number of ether oxygens (including phenoxy) is 1. The van der Waals surface area contributed by atoms with E-state index in [-0.39, 0.29) is 18.3 Å². The first-order chi connectivity index (χ1) is 16.5. The van der Waals surface area contributed by atoms with Crippen LogP contribution in [0.1, 0.15) is 24.0 Å². The molecule has 0 bridgehead atoms. The molecule has 2 N–H and O–H groups in total. The summed E-state index contributed by atoms with van der Waals surface area (Å²) in [7, 11) is 1.95. The highest BCUT2D eigenvalue weighted by Crippen LogP contribution is 2.28. The first-order valence-electron chi connectivity index (χ1n) is 11.7. The van der Waals surface area contributed by atoms with Crippen molar-refractivity contribution in [3.8, 4) is 5.75 Å². The van der Waals surface area contributed by atoms with E-state index < -0.39 is 0 Å². The molecule has 8 heteroatoms. The topological polar surface area (TPSA) is 73.9 Å². The van der Waals surface area contributed by atoms with E-state index >= 15 is 0 Å². The highest BCUT2D eigenvalue weighted by molar-refractivity contribution is 5.95. The Balaban J connectivity index is 1.22. The van der Waals surface area contributed by atoms with Crippen molar-refractivity contribution in [2.24, 2.45) is 0 Å². The maximum atomic E-state index is 13.8. The van der Waals surface area contributed by atoms with Gasteiger partial charge in [-0.1, -0.05) is 6.07 Å². The van der Waals surface area contributed by atoms with Gasteiger partial charge >= 0.3 is 0 Å². The zero-order valence-corrected chi connectivity index (χ0v) is 19.4. The van der Waals surface area contributed by atoms with Crippen molar-refractivity contribution in [2.45, 2.75) is 25.4 Å². The van der Waals surface area contributed by atoms with E-state index in [9.17, 15) is 14.0 Å². The Labute approximate surface area is 199 Å². The molecule has 1 saturated heterocycles. The van der Waals surface area contributed by atoms with Crippen molar-refractivity contribution in [3.05, 3.63) is 59.4 Å². The normalized spacial score (nSPS) is 16.7. The SMILES string of the molecule is CN(CCN1CCC(NCc2ccc3c(c2)NC(=O)CO3)CC1)c1cc(F)ccc1/C=C\C=O. The molecule has 180 valence electrons. The van der Waals surface area contributed by atoms with Crippen LogP contribution in [0.2, 0.25) is 0 Å². The van der Waals surface area contributed by atoms with Crippen molar-refractivity contribution in [2.75, 3.05) is 50.1 Å². The van der Waals surface area contributed by atoms with Gasteiger partial charge in [0.15, 0.2) is 6.61 Å². The minimum absolute atomic E-state index is 0.0690. The number of carbonyl (C=O) groups is 2. The second kappa shape index (κ2) is 11.3. The molecule has 2 aliphatic heterocycles. The predicted octanol–water partition coefficient (Wildman–Crippen LogP) is 3.06. The number of likely N-dealkylation sites (N-methyl/N-ethyl adjacent to an activating group) is 1. The number of nitrogens with one attached hydrogen (secondary N) is 2. The summed E-state index contributed by atoms with van der Waals surface area (Å²) in [5, 5.41) is 6.49. The summed E-state index contributed by atoms with van der Waals surface area (Å²) >= 11 is 0. The van der Waals surface area contributed by atoms with Gasteiger partial charge in [0.1, 0.15) is 17.9 Å². The van der Waals surface area contributed by atoms with Crippen LogP contribution >= 0.6 is 0 Å². The highest BCUT2D eigenvalue weighted by atomic mass is 19.1. The van der Waals surface area contributed by atoms with Crippen molar-refractivity contribution in [1.29, 1.82) is 0 Å². The van der Waals surface area contributed by atoms with Crippen molar-refractivity contribution in [3.63, 3.8) is 0 Å². The predicted molar refractivity (Wildman–Crippen MR) is 132 cm³/mol. The van der Waals surface area contributed by atoms with E-state index in [0.29, 0.717) is 11.8 Å². The Morgan fingerprint density at radius 3 is 2.85 bits per heavy atom. The Hall–Kier alpha value is -3.23. The lowest BCUT2D eigenvalue weighted by Crippen LogP contribution is -2.44. The summed E-state index contributed by atoms with van der Waals surface area (Å²) < 4.78 is 19.2. The van der Waals surface area contributed by atoms with E-state index in [1.54, 1.807) is 12.1 Å². The number of amides is 1. The average molecular weight is 467 g/mol. The largest absolute Gasteiger partial charge is 0.482 e. The van der Waals surface area contributed by atoms with Gasteiger partial charge in [-0.05, 0) is 79.5 Å². The van der Waals surface area contributed by atoms with E-state index in [0.717, 1.165) is 74.4 Å². The Morgan fingerprint density at radius 1 is 1.24 bits per heavy atom. The molecule has 7 nitrogen and oxygen atoms in total. The zero-order chi connectivity index (χ0) is 23.9. The van der Waals surface area contributed by atoms with Gasteiger partial charge in [0.2, 0.25) is 0 Å². The minimum atomic E-state index is -0.286. The Bertz CT molecular complexity index is 1050. The number of allylic oxidation sites excluding steroid dienone is 1. The standard InChI is InChI=1S/C26H31FN4O3/c1-30(24-16-21(27)6-5-20(24)3-2-14-32)12-13-31-10-8-22(9-11-31)28-17-19-4-7-25-23(15-19)29-26(33)18-34-25/h2-7,14-16,22,28H,8-13,17-18H2,1H3,(H,29,33)/b3-2-. The van der Waals surface area contributed by atoms with E-state index in [1.165, 1.54) is 18.2 Å². The summed E-state index contributed by atoms with van der Waals surface area (Å²) in [4.78, 5) is 26.7. The number of nitrogens with zero attached hydrogens (tertiary/aromatic N) is 2. The molecule has 2 aromatic rings. The van der Waals surface area contributed by atoms with Gasteiger partial charge in [0, 0.05) is 38.4 Å². The third kappa shape index (κ3) is 6.21. The number of aldehydes is 1. The molecule has 0 unspecified atom stereocenters. The number of hydrogen-bond acceptors (Lipinski definition) is 6. The first kappa shape index (κ1) is 23.9. The molecule has 2 aromatic carbocycles. The van der Waals surface area contributed by atoms with Crippen LogP contribution in [0.3, 0.4) is 0 Å². The molecule has 0 radical (unpaired) electrons. The quantitative estimate of drug-likeness (QED) is 0.437. The van der Waals surface area contributed by atoms with Crippen molar-refractivity contribution >= 4 is 29.6 Å². The van der Waals surface area contributed by atoms with Crippen LogP contribution < -0.4 is 20.3 Å². The molecule has 0 atom stereocenters. The molecule has 2 aliphatic rings.